The van der Waals surface area contributed by atoms with Crippen LogP contribution >= 0.6 is 0 Å². The molecule has 0 atom stereocenters. The molecular weight excluding hydrogens is 388 g/mol. The van der Waals surface area contributed by atoms with Crippen molar-refractivity contribution in [2.45, 2.75) is 13.8 Å². The molecule has 0 radical (unpaired) electrons. The fourth-order valence-electron chi connectivity index (χ4n) is 4.20. The zero-order chi connectivity index (χ0) is 21.4. The number of rotatable bonds is 3. The molecule has 1 fully saturated rings. The van der Waals surface area contributed by atoms with E-state index in [1.54, 1.807) is 16.9 Å². The van der Waals surface area contributed by atoms with Crippen molar-refractivity contribution >= 4 is 17.4 Å². The van der Waals surface area contributed by atoms with Crippen molar-refractivity contribution in [3.63, 3.8) is 0 Å². The Bertz CT molecular complexity index is 1230. The molecule has 156 valence electrons. The fraction of sp³-hybridized carbons (Fsp3) is 0.250. The van der Waals surface area contributed by atoms with Crippen LogP contribution < -0.4 is 4.90 Å². The maximum Gasteiger partial charge on any atom is 0.257 e. The molecule has 3 aromatic heterocycles. The summed E-state index contributed by atoms with van der Waals surface area (Å²) in [5, 5.41) is 4.70. The standard InChI is InChI=1S/C24H24N6O/c1-17-22(19-8-4-3-5-9-19)23-26-16-20(18(2)30(23)27-17)24(31)29-14-12-28(13-15-29)21-10-6-7-11-25-21/h3-11,16H,12-15H2,1-2H3. The Morgan fingerprint density at radius 3 is 2.35 bits per heavy atom. The molecular formula is C24H24N6O. The van der Waals surface area contributed by atoms with Gasteiger partial charge in [0.2, 0.25) is 0 Å². The van der Waals surface area contributed by atoms with Crippen LogP contribution in [0, 0.1) is 13.8 Å². The Labute approximate surface area is 181 Å². The molecule has 1 aliphatic heterocycles. The van der Waals surface area contributed by atoms with Gasteiger partial charge in [0, 0.05) is 44.1 Å². The van der Waals surface area contributed by atoms with Crippen molar-refractivity contribution < 1.29 is 4.79 Å². The minimum atomic E-state index is 0.00184. The van der Waals surface area contributed by atoms with Gasteiger partial charge in [-0.15, -0.1) is 0 Å². The lowest BCUT2D eigenvalue weighted by atomic mass is 10.1. The lowest BCUT2D eigenvalue weighted by Crippen LogP contribution is -2.49. The van der Waals surface area contributed by atoms with Gasteiger partial charge in [-0.05, 0) is 31.5 Å². The smallest absolute Gasteiger partial charge is 0.257 e. The summed E-state index contributed by atoms with van der Waals surface area (Å²) < 4.78 is 1.80. The van der Waals surface area contributed by atoms with Crippen LogP contribution in [0.5, 0.6) is 0 Å². The molecule has 5 rings (SSSR count). The number of aromatic nitrogens is 4. The van der Waals surface area contributed by atoms with Crippen molar-refractivity contribution in [1.29, 1.82) is 0 Å². The second-order valence-electron chi connectivity index (χ2n) is 7.79. The van der Waals surface area contributed by atoms with E-state index in [2.05, 4.69) is 27.0 Å². The number of anilines is 1. The largest absolute Gasteiger partial charge is 0.353 e. The van der Waals surface area contributed by atoms with Crippen molar-refractivity contribution in [2.24, 2.45) is 0 Å². The van der Waals surface area contributed by atoms with E-state index in [1.807, 2.05) is 55.1 Å². The molecule has 0 N–H and O–H groups in total. The first-order valence-electron chi connectivity index (χ1n) is 10.5. The minimum absolute atomic E-state index is 0.00184. The third-order valence-corrected chi connectivity index (χ3v) is 5.89. The average molecular weight is 412 g/mol. The summed E-state index contributed by atoms with van der Waals surface area (Å²) in [7, 11) is 0. The number of nitrogens with zero attached hydrogens (tertiary/aromatic N) is 6. The molecule has 0 spiro atoms. The number of hydrogen-bond donors (Lipinski definition) is 0. The van der Waals surface area contributed by atoms with E-state index in [9.17, 15) is 4.79 Å². The number of piperazine rings is 1. The van der Waals surface area contributed by atoms with Gasteiger partial charge in [-0.1, -0.05) is 36.4 Å². The van der Waals surface area contributed by atoms with Crippen LogP contribution in [0.2, 0.25) is 0 Å². The summed E-state index contributed by atoms with van der Waals surface area (Å²) in [5.74, 6) is 0.955. The summed E-state index contributed by atoms with van der Waals surface area (Å²) in [6.45, 7) is 6.75. The van der Waals surface area contributed by atoms with Gasteiger partial charge in [-0.3, -0.25) is 4.79 Å². The zero-order valence-electron chi connectivity index (χ0n) is 17.7. The molecule has 1 amide bonds. The maximum atomic E-state index is 13.3. The number of amides is 1. The molecule has 4 aromatic rings. The zero-order valence-corrected chi connectivity index (χ0v) is 17.7. The van der Waals surface area contributed by atoms with Gasteiger partial charge in [0.15, 0.2) is 5.65 Å². The van der Waals surface area contributed by atoms with Crippen molar-refractivity contribution in [3.8, 4) is 11.1 Å². The topological polar surface area (TPSA) is 66.6 Å². The predicted molar refractivity (Wildman–Crippen MR) is 120 cm³/mol. The number of pyridine rings is 1. The number of fused-ring (bicyclic) bond motifs is 1. The second kappa shape index (κ2) is 7.83. The van der Waals surface area contributed by atoms with Gasteiger partial charge in [0.1, 0.15) is 5.82 Å². The van der Waals surface area contributed by atoms with Crippen molar-refractivity contribution in [1.82, 2.24) is 24.5 Å². The SMILES string of the molecule is Cc1nn2c(C)c(C(=O)N3CCN(c4ccccn4)CC3)cnc2c1-c1ccccc1. The summed E-state index contributed by atoms with van der Waals surface area (Å²) in [4.78, 5) is 26.4. The van der Waals surface area contributed by atoms with E-state index < -0.39 is 0 Å². The van der Waals surface area contributed by atoms with Gasteiger partial charge >= 0.3 is 0 Å². The second-order valence-corrected chi connectivity index (χ2v) is 7.79. The van der Waals surface area contributed by atoms with Gasteiger partial charge < -0.3 is 9.80 Å². The highest BCUT2D eigenvalue weighted by molar-refractivity contribution is 5.95. The van der Waals surface area contributed by atoms with E-state index in [0.29, 0.717) is 18.7 Å². The Morgan fingerprint density at radius 1 is 0.903 bits per heavy atom. The van der Waals surface area contributed by atoms with E-state index in [0.717, 1.165) is 47.1 Å². The highest BCUT2D eigenvalue weighted by Gasteiger charge is 2.26. The third-order valence-electron chi connectivity index (χ3n) is 5.89. The highest BCUT2D eigenvalue weighted by atomic mass is 16.2. The summed E-state index contributed by atoms with van der Waals surface area (Å²) >= 11 is 0. The number of benzene rings is 1. The van der Waals surface area contributed by atoms with Crippen molar-refractivity contribution in [2.75, 3.05) is 31.1 Å². The average Bonchev–Trinajstić information content (AvgIpc) is 3.17. The van der Waals surface area contributed by atoms with Crippen LogP contribution in [0.3, 0.4) is 0 Å². The molecule has 1 saturated heterocycles. The molecule has 1 aromatic carbocycles. The molecule has 0 saturated carbocycles. The van der Waals surface area contributed by atoms with E-state index in [-0.39, 0.29) is 5.91 Å². The number of hydrogen-bond acceptors (Lipinski definition) is 5. The Morgan fingerprint density at radius 2 is 1.65 bits per heavy atom. The first-order valence-corrected chi connectivity index (χ1v) is 10.5. The minimum Gasteiger partial charge on any atom is -0.353 e. The van der Waals surface area contributed by atoms with Gasteiger partial charge in [0.25, 0.3) is 5.91 Å². The number of carbonyl (C=O) groups excluding carboxylic acids is 1. The molecule has 4 heterocycles. The summed E-state index contributed by atoms with van der Waals surface area (Å²) in [6, 6.07) is 16.0. The molecule has 31 heavy (non-hydrogen) atoms. The predicted octanol–water partition coefficient (Wildman–Crippen LogP) is 3.37. The Balaban J connectivity index is 1.41. The Hall–Kier alpha value is -3.74. The normalized spacial score (nSPS) is 14.3. The molecule has 7 nitrogen and oxygen atoms in total. The molecule has 0 aliphatic carbocycles. The van der Waals surface area contributed by atoms with Gasteiger partial charge in [0.05, 0.1) is 17.0 Å². The van der Waals surface area contributed by atoms with Crippen LogP contribution in [0.1, 0.15) is 21.7 Å². The first kappa shape index (κ1) is 19.2. The quantitative estimate of drug-likeness (QED) is 0.516. The van der Waals surface area contributed by atoms with Crippen LogP contribution in [-0.2, 0) is 0 Å². The fourth-order valence-corrected chi connectivity index (χ4v) is 4.20. The molecule has 0 unspecified atom stereocenters. The number of aryl methyl sites for hydroxylation is 2. The van der Waals surface area contributed by atoms with Crippen LogP contribution in [-0.4, -0.2) is 56.6 Å². The maximum absolute atomic E-state index is 13.3. The highest BCUT2D eigenvalue weighted by Crippen LogP contribution is 2.28. The number of carbonyl (C=O) groups is 1. The monoisotopic (exact) mass is 412 g/mol. The lowest BCUT2D eigenvalue weighted by Gasteiger charge is -2.35. The van der Waals surface area contributed by atoms with Crippen LogP contribution in [0.25, 0.3) is 16.8 Å². The first-order chi connectivity index (χ1) is 15.1. The van der Waals surface area contributed by atoms with E-state index in [1.165, 1.54) is 0 Å². The van der Waals surface area contributed by atoms with E-state index >= 15 is 0 Å². The third kappa shape index (κ3) is 3.42. The van der Waals surface area contributed by atoms with Crippen LogP contribution in [0.4, 0.5) is 5.82 Å². The molecule has 7 heteroatoms. The van der Waals surface area contributed by atoms with Crippen molar-refractivity contribution in [3.05, 3.63) is 77.9 Å². The molecule has 0 bridgehead atoms. The molecule has 1 aliphatic rings. The summed E-state index contributed by atoms with van der Waals surface area (Å²) in [6.07, 6.45) is 3.50. The Kier molecular flexibility index (Phi) is 4.86. The van der Waals surface area contributed by atoms with Crippen LogP contribution in [0.15, 0.2) is 60.9 Å². The van der Waals surface area contributed by atoms with Gasteiger partial charge in [-0.2, -0.15) is 5.10 Å². The van der Waals surface area contributed by atoms with E-state index in [4.69, 9.17) is 5.10 Å². The summed E-state index contributed by atoms with van der Waals surface area (Å²) in [5.41, 5.74) is 5.17. The lowest BCUT2D eigenvalue weighted by molar-refractivity contribution is 0.0744. The van der Waals surface area contributed by atoms with Gasteiger partial charge in [-0.25, -0.2) is 14.5 Å².